The summed E-state index contributed by atoms with van der Waals surface area (Å²) in [4.78, 5) is 15.0. The van der Waals surface area contributed by atoms with E-state index < -0.39 is 0 Å². The van der Waals surface area contributed by atoms with E-state index in [1.807, 2.05) is 0 Å². The number of likely N-dealkylation sites (N-methyl/N-ethyl adjacent to an activating group) is 1. The Morgan fingerprint density at radius 1 is 1.06 bits per heavy atom. The highest BCUT2D eigenvalue weighted by Gasteiger charge is 2.59. The van der Waals surface area contributed by atoms with Gasteiger partial charge in [-0.15, -0.1) is 0 Å². The monoisotopic (exact) mass is 484 g/mol. The van der Waals surface area contributed by atoms with Crippen LogP contribution in [-0.4, -0.2) is 38.0 Å². The Balaban J connectivity index is 1.41. The first kappa shape index (κ1) is 27.2. The van der Waals surface area contributed by atoms with Crippen LogP contribution in [-0.2, 0) is 4.79 Å². The molecule has 3 unspecified atom stereocenters. The molecule has 3 heteroatoms. The Labute approximate surface area is 217 Å². The number of hydrogen-bond donors (Lipinski definition) is 1. The van der Waals surface area contributed by atoms with Gasteiger partial charge in [-0.2, -0.15) is 0 Å². The van der Waals surface area contributed by atoms with Crippen LogP contribution in [0.5, 0.6) is 0 Å². The maximum absolute atomic E-state index is 12.9. The summed E-state index contributed by atoms with van der Waals surface area (Å²) in [5.41, 5.74) is 2.54. The van der Waals surface area contributed by atoms with E-state index in [0.717, 1.165) is 61.4 Å². The standard InChI is InChI=1S/C32H56N2O/c1-22(2)9-8-10-23(3)27-13-14-28-26-12-11-25-21-24(30(35)33-19-20-34(6)7)15-17-31(25,4)29(26)16-18-32(27,28)5/h11,22-24,26-29H,8-10,12-21H2,1-7H3,(H,33,35)/t23-,24+,26+,27?,28?,29?,31+,32-/m1/s1. The topological polar surface area (TPSA) is 32.3 Å². The summed E-state index contributed by atoms with van der Waals surface area (Å²) in [6, 6.07) is 0. The Morgan fingerprint density at radius 2 is 1.83 bits per heavy atom. The van der Waals surface area contributed by atoms with Crippen LogP contribution >= 0.6 is 0 Å². The lowest BCUT2D eigenvalue weighted by molar-refractivity contribution is -0.126. The summed E-state index contributed by atoms with van der Waals surface area (Å²) in [5, 5.41) is 3.21. The van der Waals surface area contributed by atoms with Crippen LogP contribution in [0.2, 0.25) is 0 Å². The predicted octanol–water partition coefficient (Wildman–Crippen LogP) is 7.32. The molecular formula is C32H56N2O. The largest absolute Gasteiger partial charge is 0.355 e. The summed E-state index contributed by atoms with van der Waals surface area (Å²) in [6.45, 7) is 14.3. The first-order valence-corrected chi connectivity index (χ1v) is 15.2. The minimum atomic E-state index is 0.185. The maximum Gasteiger partial charge on any atom is 0.223 e. The molecule has 3 nitrogen and oxygen atoms in total. The van der Waals surface area contributed by atoms with Crippen LogP contribution in [0.25, 0.3) is 0 Å². The van der Waals surface area contributed by atoms with Gasteiger partial charge in [-0.05, 0) is 112 Å². The molecule has 0 aromatic rings. The molecule has 0 heterocycles. The number of rotatable bonds is 9. The third kappa shape index (κ3) is 5.41. The number of amides is 1. The minimum Gasteiger partial charge on any atom is -0.355 e. The van der Waals surface area contributed by atoms with Crippen LogP contribution in [0.15, 0.2) is 11.6 Å². The van der Waals surface area contributed by atoms with E-state index in [0.29, 0.717) is 16.7 Å². The smallest absolute Gasteiger partial charge is 0.223 e. The molecule has 1 N–H and O–H groups in total. The molecule has 35 heavy (non-hydrogen) atoms. The summed E-state index contributed by atoms with van der Waals surface area (Å²) < 4.78 is 0. The quantitative estimate of drug-likeness (QED) is 0.348. The highest BCUT2D eigenvalue weighted by atomic mass is 16.1. The van der Waals surface area contributed by atoms with Crippen LogP contribution in [0, 0.1) is 52.3 Å². The Hall–Kier alpha value is -0.830. The van der Waals surface area contributed by atoms with E-state index in [2.05, 4.69) is 65.0 Å². The van der Waals surface area contributed by atoms with E-state index in [9.17, 15) is 4.79 Å². The lowest BCUT2D eigenvalue weighted by Gasteiger charge is -2.58. The second-order valence-electron chi connectivity index (χ2n) is 14.3. The van der Waals surface area contributed by atoms with E-state index in [1.54, 1.807) is 5.57 Å². The van der Waals surface area contributed by atoms with Gasteiger partial charge >= 0.3 is 0 Å². The van der Waals surface area contributed by atoms with E-state index >= 15 is 0 Å². The van der Waals surface area contributed by atoms with Gasteiger partial charge in [0.2, 0.25) is 5.91 Å². The highest BCUT2D eigenvalue weighted by Crippen LogP contribution is 2.67. The van der Waals surface area contributed by atoms with E-state index in [1.165, 1.54) is 57.8 Å². The normalized spacial score (nSPS) is 39.6. The van der Waals surface area contributed by atoms with Gasteiger partial charge in [-0.25, -0.2) is 0 Å². The molecule has 0 radical (unpaired) electrons. The summed E-state index contributed by atoms with van der Waals surface area (Å²) >= 11 is 0. The van der Waals surface area contributed by atoms with Crippen LogP contribution in [0.1, 0.15) is 105 Å². The molecule has 1 amide bonds. The average Bonchev–Trinajstić information content (AvgIpc) is 3.15. The fraction of sp³-hybridized carbons (Fsp3) is 0.906. The van der Waals surface area contributed by atoms with Crippen molar-refractivity contribution in [3.05, 3.63) is 11.6 Å². The minimum absolute atomic E-state index is 0.185. The van der Waals surface area contributed by atoms with Crippen LogP contribution in [0.4, 0.5) is 0 Å². The van der Waals surface area contributed by atoms with Gasteiger partial charge in [0.1, 0.15) is 0 Å². The third-order valence-electron chi connectivity index (χ3n) is 11.5. The number of nitrogens with zero attached hydrogens (tertiary/aromatic N) is 1. The molecule has 8 atom stereocenters. The summed E-state index contributed by atoms with van der Waals surface area (Å²) in [6.07, 6.45) is 17.2. The number of nitrogens with one attached hydrogen (secondary N) is 1. The SMILES string of the molecule is CC(C)CCC[C@@H](C)C1CCC2[C@@H]3CC=C4C[C@@H](C(=O)NCCN(C)C)CC[C@]4(C)C3CC[C@@]21C. The van der Waals surface area contributed by atoms with Crippen molar-refractivity contribution in [1.82, 2.24) is 10.2 Å². The van der Waals surface area contributed by atoms with Gasteiger partial charge < -0.3 is 10.2 Å². The molecule has 4 rings (SSSR count). The molecule has 0 aromatic heterocycles. The van der Waals surface area contributed by atoms with Gasteiger partial charge in [0.25, 0.3) is 0 Å². The number of fused-ring (bicyclic) bond motifs is 5. The molecule has 0 saturated heterocycles. The van der Waals surface area contributed by atoms with Gasteiger partial charge in [-0.1, -0.05) is 65.5 Å². The number of carbonyl (C=O) groups excluding carboxylic acids is 1. The molecule has 200 valence electrons. The zero-order valence-corrected chi connectivity index (χ0v) is 24.2. The van der Waals surface area contributed by atoms with Crippen molar-refractivity contribution in [3.8, 4) is 0 Å². The Bertz CT molecular complexity index is 772. The Morgan fingerprint density at radius 3 is 2.54 bits per heavy atom. The van der Waals surface area contributed by atoms with Crippen molar-refractivity contribution < 1.29 is 4.79 Å². The zero-order valence-electron chi connectivity index (χ0n) is 24.2. The van der Waals surface area contributed by atoms with E-state index in [-0.39, 0.29) is 5.92 Å². The van der Waals surface area contributed by atoms with Crippen LogP contribution in [0.3, 0.4) is 0 Å². The van der Waals surface area contributed by atoms with Gasteiger partial charge in [0, 0.05) is 19.0 Å². The zero-order chi connectivity index (χ0) is 25.4. The van der Waals surface area contributed by atoms with Crippen molar-refractivity contribution >= 4 is 5.91 Å². The third-order valence-corrected chi connectivity index (χ3v) is 11.5. The molecule has 0 aromatic carbocycles. The Kier molecular flexibility index (Phi) is 8.46. The van der Waals surface area contributed by atoms with Crippen molar-refractivity contribution in [2.45, 2.75) is 105 Å². The van der Waals surface area contributed by atoms with Gasteiger partial charge in [0.05, 0.1) is 0 Å². The maximum atomic E-state index is 12.9. The second-order valence-corrected chi connectivity index (χ2v) is 14.3. The van der Waals surface area contributed by atoms with Crippen molar-refractivity contribution in [3.63, 3.8) is 0 Å². The first-order valence-electron chi connectivity index (χ1n) is 15.2. The lowest BCUT2D eigenvalue weighted by Crippen LogP contribution is -2.51. The van der Waals surface area contributed by atoms with Crippen molar-refractivity contribution in [2.75, 3.05) is 27.2 Å². The molecular weight excluding hydrogens is 428 g/mol. The predicted molar refractivity (Wildman–Crippen MR) is 148 cm³/mol. The summed E-state index contributed by atoms with van der Waals surface area (Å²) in [7, 11) is 4.13. The van der Waals surface area contributed by atoms with Crippen molar-refractivity contribution in [1.29, 1.82) is 0 Å². The number of hydrogen-bond acceptors (Lipinski definition) is 2. The molecule has 3 saturated carbocycles. The molecule has 0 spiro atoms. The average molecular weight is 485 g/mol. The highest BCUT2D eigenvalue weighted by molar-refractivity contribution is 5.79. The number of allylic oxidation sites excluding steroid dienone is 2. The van der Waals surface area contributed by atoms with Crippen molar-refractivity contribution in [2.24, 2.45) is 52.3 Å². The fourth-order valence-corrected chi connectivity index (χ4v) is 9.46. The summed E-state index contributed by atoms with van der Waals surface area (Å²) in [5.74, 6) is 5.76. The molecule has 3 fully saturated rings. The fourth-order valence-electron chi connectivity index (χ4n) is 9.46. The van der Waals surface area contributed by atoms with Gasteiger partial charge in [-0.3, -0.25) is 4.79 Å². The lowest BCUT2D eigenvalue weighted by atomic mass is 9.46. The number of carbonyl (C=O) groups is 1. The van der Waals surface area contributed by atoms with Crippen LogP contribution < -0.4 is 5.32 Å². The second kappa shape index (κ2) is 10.9. The molecule has 0 bridgehead atoms. The molecule has 4 aliphatic carbocycles. The first-order chi connectivity index (χ1) is 16.6. The molecule has 4 aliphatic rings. The molecule has 0 aliphatic heterocycles. The van der Waals surface area contributed by atoms with E-state index in [4.69, 9.17) is 0 Å². The van der Waals surface area contributed by atoms with Gasteiger partial charge in [0.15, 0.2) is 0 Å².